The van der Waals surface area contributed by atoms with E-state index in [-0.39, 0.29) is 29.6 Å². The maximum absolute atomic E-state index is 13.4. The fourth-order valence-corrected chi connectivity index (χ4v) is 4.94. The van der Waals surface area contributed by atoms with Crippen LogP contribution in [0.5, 0.6) is 5.75 Å². The Morgan fingerprint density at radius 2 is 1.85 bits per heavy atom. The minimum atomic E-state index is -0.970. The Morgan fingerprint density at radius 3 is 2.53 bits per heavy atom. The van der Waals surface area contributed by atoms with Gasteiger partial charge in [0, 0.05) is 6.54 Å². The van der Waals surface area contributed by atoms with Crippen molar-refractivity contribution in [2.45, 2.75) is 90.6 Å². The number of ether oxygens (including phenoxy) is 1. The number of amides is 2. The maximum Gasteiger partial charge on any atom is 0.326 e. The zero-order chi connectivity index (χ0) is 24.7. The number of rotatable bonds is 9. The number of likely N-dealkylation sites (tertiary alicyclic amines) is 1. The topological polar surface area (TPSA) is 95.9 Å². The molecule has 7 nitrogen and oxygen atoms in total. The second-order valence-corrected chi connectivity index (χ2v) is 11.0. The van der Waals surface area contributed by atoms with E-state index < -0.39 is 18.1 Å². The molecular weight excluding hydrogens is 432 g/mol. The van der Waals surface area contributed by atoms with E-state index in [0.29, 0.717) is 26.0 Å². The van der Waals surface area contributed by atoms with Crippen molar-refractivity contribution in [3.05, 3.63) is 29.8 Å². The van der Waals surface area contributed by atoms with Gasteiger partial charge in [0.05, 0.1) is 13.0 Å². The highest BCUT2D eigenvalue weighted by Gasteiger charge is 2.40. The predicted molar refractivity (Wildman–Crippen MR) is 131 cm³/mol. The third-order valence-electron chi connectivity index (χ3n) is 6.91. The summed E-state index contributed by atoms with van der Waals surface area (Å²) in [6.45, 7) is 7.55. The van der Waals surface area contributed by atoms with Crippen molar-refractivity contribution in [3.63, 3.8) is 0 Å². The summed E-state index contributed by atoms with van der Waals surface area (Å²) in [4.78, 5) is 39.6. The van der Waals surface area contributed by atoms with Crippen LogP contribution in [-0.4, -0.2) is 53.0 Å². The van der Waals surface area contributed by atoms with E-state index in [1.807, 2.05) is 24.3 Å². The summed E-state index contributed by atoms with van der Waals surface area (Å²) in [5.41, 5.74) is 1.01. The Hall–Kier alpha value is -2.57. The second-order valence-electron chi connectivity index (χ2n) is 11.0. The highest BCUT2D eigenvalue weighted by atomic mass is 16.5. The molecule has 1 aromatic rings. The van der Waals surface area contributed by atoms with Crippen LogP contribution < -0.4 is 10.1 Å². The van der Waals surface area contributed by atoms with Crippen LogP contribution in [0.3, 0.4) is 0 Å². The van der Waals surface area contributed by atoms with Gasteiger partial charge in [-0.2, -0.15) is 0 Å². The van der Waals surface area contributed by atoms with E-state index in [0.717, 1.165) is 49.8 Å². The molecule has 34 heavy (non-hydrogen) atoms. The molecule has 2 atom stereocenters. The molecule has 1 aromatic carbocycles. The first kappa shape index (κ1) is 26.0. The molecule has 0 bridgehead atoms. The van der Waals surface area contributed by atoms with E-state index in [9.17, 15) is 19.5 Å². The van der Waals surface area contributed by atoms with Crippen LogP contribution in [-0.2, 0) is 20.8 Å². The minimum absolute atomic E-state index is 0.0484. The summed E-state index contributed by atoms with van der Waals surface area (Å²) in [6.07, 6.45) is 7.16. The van der Waals surface area contributed by atoms with Crippen LogP contribution in [0, 0.1) is 11.3 Å². The van der Waals surface area contributed by atoms with Crippen molar-refractivity contribution in [3.8, 4) is 5.75 Å². The number of carbonyl (C=O) groups is 3. The molecule has 2 aliphatic rings. The standard InChI is InChI=1S/C27H40N2O5/c1-27(2,3)14-16-34-21-12-7-9-19(17-21)18-23(30)28-24(20-10-5-4-6-11-20)25(31)29-15-8-13-22(29)26(32)33/h7,9,12,17,20,22,24H,4-6,8,10-11,13-16,18H2,1-3H3,(H,28,30)(H,32,33)/t22-,24?/m0/s1. The van der Waals surface area contributed by atoms with Crippen LogP contribution in [0.4, 0.5) is 0 Å². The van der Waals surface area contributed by atoms with E-state index in [1.54, 1.807) is 0 Å². The summed E-state index contributed by atoms with van der Waals surface area (Å²) >= 11 is 0. The summed E-state index contributed by atoms with van der Waals surface area (Å²) in [5.74, 6) is -0.655. The average molecular weight is 473 g/mol. The smallest absolute Gasteiger partial charge is 0.326 e. The molecule has 2 N–H and O–H groups in total. The van der Waals surface area contributed by atoms with Gasteiger partial charge in [0.1, 0.15) is 17.8 Å². The highest BCUT2D eigenvalue weighted by Crippen LogP contribution is 2.29. The van der Waals surface area contributed by atoms with E-state index in [1.165, 1.54) is 4.90 Å². The number of nitrogens with one attached hydrogen (secondary N) is 1. The first-order valence-corrected chi connectivity index (χ1v) is 12.7. The largest absolute Gasteiger partial charge is 0.494 e. The number of carbonyl (C=O) groups excluding carboxylic acids is 2. The molecule has 1 unspecified atom stereocenters. The molecule has 188 valence electrons. The first-order chi connectivity index (χ1) is 16.1. The van der Waals surface area contributed by atoms with E-state index in [2.05, 4.69) is 26.1 Å². The number of hydrogen-bond donors (Lipinski definition) is 2. The fraction of sp³-hybridized carbons (Fsp3) is 0.667. The number of hydrogen-bond acceptors (Lipinski definition) is 4. The van der Waals surface area contributed by atoms with Crippen molar-refractivity contribution in [2.24, 2.45) is 11.3 Å². The van der Waals surface area contributed by atoms with E-state index in [4.69, 9.17) is 4.74 Å². The lowest BCUT2D eigenvalue weighted by Crippen LogP contribution is -2.55. The lowest BCUT2D eigenvalue weighted by Gasteiger charge is -2.34. The van der Waals surface area contributed by atoms with Crippen molar-refractivity contribution >= 4 is 17.8 Å². The Bertz CT molecular complexity index is 857. The normalized spacial score (nSPS) is 20.1. The molecule has 1 aliphatic heterocycles. The van der Waals surface area contributed by atoms with Crippen LogP contribution in [0.15, 0.2) is 24.3 Å². The van der Waals surface area contributed by atoms with Crippen LogP contribution >= 0.6 is 0 Å². The first-order valence-electron chi connectivity index (χ1n) is 12.7. The third kappa shape index (κ3) is 7.47. The van der Waals surface area contributed by atoms with Gasteiger partial charge < -0.3 is 20.1 Å². The van der Waals surface area contributed by atoms with Gasteiger partial charge in [-0.25, -0.2) is 4.79 Å². The fourth-order valence-electron chi connectivity index (χ4n) is 4.94. The number of carboxylic acids is 1. The third-order valence-corrected chi connectivity index (χ3v) is 6.91. The summed E-state index contributed by atoms with van der Waals surface area (Å²) in [6, 6.07) is 6.06. The van der Waals surface area contributed by atoms with Gasteiger partial charge >= 0.3 is 5.97 Å². The Kier molecular flexibility index (Phi) is 8.97. The van der Waals surface area contributed by atoms with Gasteiger partial charge in [0.2, 0.25) is 11.8 Å². The summed E-state index contributed by atoms with van der Waals surface area (Å²) in [5, 5.41) is 12.5. The molecule has 0 radical (unpaired) electrons. The van der Waals surface area contributed by atoms with Crippen LogP contribution in [0.2, 0.25) is 0 Å². The van der Waals surface area contributed by atoms with Crippen molar-refractivity contribution < 1.29 is 24.2 Å². The van der Waals surface area contributed by atoms with Gasteiger partial charge in [0.25, 0.3) is 0 Å². The zero-order valence-corrected chi connectivity index (χ0v) is 20.8. The molecular formula is C27H40N2O5. The maximum atomic E-state index is 13.4. The van der Waals surface area contributed by atoms with Gasteiger partial charge in [-0.15, -0.1) is 0 Å². The zero-order valence-electron chi connectivity index (χ0n) is 20.8. The molecule has 1 saturated heterocycles. The SMILES string of the molecule is CC(C)(C)CCOc1cccc(CC(=O)NC(C(=O)N2CCC[C@H]2C(=O)O)C2CCCCC2)c1. The predicted octanol–water partition coefficient (Wildman–Crippen LogP) is 4.18. The minimum Gasteiger partial charge on any atom is -0.494 e. The molecule has 1 heterocycles. The molecule has 1 saturated carbocycles. The lowest BCUT2D eigenvalue weighted by atomic mass is 9.83. The van der Waals surface area contributed by atoms with Crippen molar-refractivity contribution in [1.29, 1.82) is 0 Å². The molecule has 2 fully saturated rings. The lowest BCUT2D eigenvalue weighted by molar-refractivity contribution is -0.150. The Labute approximate surface area is 203 Å². The van der Waals surface area contributed by atoms with Crippen LogP contribution in [0.1, 0.15) is 77.7 Å². The highest BCUT2D eigenvalue weighted by molar-refractivity contribution is 5.91. The number of aliphatic carboxylic acids is 1. The summed E-state index contributed by atoms with van der Waals surface area (Å²) < 4.78 is 5.87. The van der Waals surface area contributed by atoms with Gasteiger partial charge in [0.15, 0.2) is 0 Å². The molecule has 3 rings (SSSR count). The summed E-state index contributed by atoms with van der Waals surface area (Å²) in [7, 11) is 0. The number of benzene rings is 1. The Morgan fingerprint density at radius 1 is 1.12 bits per heavy atom. The van der Waals surface area contributed by atoms with Crippen LogP contribution in [0.25, 0.3) is 0 Å². The number of nitrogens with zero attached hydrogens (tertiary/aromatic N) is 1. The average Bonchev–Trinajstić information content (AvgIpc) is 3.27. The second kappa shape index (κ2) is 11.7. The van der Waals surface area contributed by atoms with Crippen molar-refractivity contribution in [2.75, 3.05) is 13.2 Å². The molecule has 7 heteroatoms. The quantitative estimate of drug-likeness (QED) is 0.562. The Balaban J connectivity index is 1.65. The van der Waals surface area contributed by atoms with Gasteiger partial charge in [-0.05, 0) is 61.1 Å². The monoisotopic (exact) mass is 472 g/mol. The molecule has 0 spiro atoms. The number of carboxylic acid groups (broad SMARTS) is 1. The van der Waals surface area contributed by atoms with Gasteiger partial charge in [-0.3, -0.25) is 9.59 Å². The van der Waals surface area contributed by atoms with E-state index >= 15 is 0 Å². The van der Waals surface area contributed by atoms with Gasteiger partial charge in [-0.1, -0.05) is 52.2 Å². The molecule has 2 amide bonds. The van der Waals surface area contributed by atoms with Crippen molar-refractivity contribution in [1.82, 2.24) is 10.2 Å². The molecule has 1 aliphatic carbocycles. The molecule has 0 aromatic heterocycles.